The van der Waals surface area contributed by atoms with E-state index in [2.05, 4.69) is 29.5 Å². The first-order valence-electron chi connectivity index (χ1n) is 4.77. The van der Waals surface area contributed by atoms with Crippen LogP contribution in [0, 0.1) is 5.92 Å². The minimum absolute atomic E-state index is 0.236. The molecule has 0 aromatic heterocycles. The van der Waals surface area contributed by atoms with Crippen LogP contribution in [-0.4, -0.2) is 15.6 Å². The fraction of sp³-hybridized carbons (Fsp3) is 0.800. The molecule has 0 aliphatic heterocycles. The summed E-state index contributed by atoms with van der Waals surface area (Å²) in [5.41, 5.74) is 7.92. The Morgan fingerprint density at radius 3 is 2.23 bits per heavy atom. The third-order valence-corrected chi connectivity index (χ3v) is 3.35. The summed E-state index contributed by atoms with van der Waals surface area (Å²) in [6.07, 6.45) is 1.51. The van der Waals surface area contributed by atoms with Crippen molar-refractivity contribution in [3.63, 3.8) is 0 Å². The monoisotopic (exact) mass is 297 g/mol. The Hall–Kier alpha value is 0.230. The van der Waals surface area contributed by atoms with Crippen molar-refractivity contribution in [2.24, 2.45) is 11.7 Å². The molecule has 2 atom stereocenters. The van der Waals surface area contributed by atoms with Gasteiger partial charge in [-0.05, 0) is 25.3 Å². The van der Waals surface area contributed by atoms with Gasteiger partial charge in [0.2, 0.25) is 0 Å². The lowest BCUT2D eigenvalue weighted by molar-refractivity contribution is 0.118. The molecule has 0 rings (SSSR count). The number of allylic oxidation sites excluding steroid dienone is 1. The number of alkyl halides is 1. The first-order valence-corrected chi connectivity index (χ1v) is 6.30. The smallest absolute Gasteiger partial charge is 0.0603 e. The molecule has 2 nitrogen and oxygen atoms in total. The van der Waals surface area contributed by atoms with Crippen LogP contribution in [0.15, 0.2) is 11.3 Å². The van der Waals surface area contributed by atoms with Gasteiger partial charge in [-0.3, -0.25) is 0 Å². The Morgan fingerprint density at radius 2 is 1.92 bits per heavy atom. The van der Waals surface area contributed by atoms with E-state index >= 15 is 0 Å². The Bertz CT molecular complexity index is 180. The van der Waals surface area contributed by atoms with Crippen molar-refractivity contribution in [1.29, 1.82) is 0 Å². The summed E-state index contributed by atoms with van der Waals surface area (Å²) in [5.74, 6) is 0.236. The van der Waals surface area contributed by atoms with E-state index in [-0.39, 0.29) is 12.0 Å². The van der Waals surface area contributed by atoms with Crippen molar-refractivity contribution in [2.75, 3.05) is 4.43 Å². The molecule has 0 aliphatic rings. The van der Waals surface area contributed by atoms with E-state index in [9.17, 15) is 5.11 Å². The van der Waals surface area contributed by atoms with Gasteiger partial charge < -0.3 is 10.8 Å². The molecule has 0 amide bonds. The molecular weight excluding hydrogens is 277 g/mol. The third kappa shape index (κ3) is 3.85. The lowest BCUT2D eigenvalue weighted by atomic mass is 9.89. The summed E-state index contributed by atoms with van der Waals surface area (Å²) >= 11 is 2.25. The molecule has 0 aromatic rings. The maximum Gasteiger partial charge on any atom is 0.0603 e. The maximum atomic E-state index is 9.74. The van der Waals surface area contributed by atoms with Crippen molar-refractivity contribution in [1.82, 2.24) is 0 Å². The average molecular weight is 297 g/mol. The maximum absolute atomic E-state index is 9.74. The number of aliphatic hydroxyl groups is 1. The van der Waals surface area contributed by atoms with Gasteiger partial charge in [0.1, 0.15) is 0 Å². The van der Waals surface area contributed by atoms with Crippen LogP contribution in [0.2, 0.25) is 0 Å². The van der Waals surface area contributed by atoms with Crippen molar-refractivity contribution >= 4 is 22.6 Å². The first-order chi connectivity index (χ1) is 6.08. The number of rotatable bonds is 5. The Kier molecular flexibility index (Phi) is 6.77. The molecule has 0 fully saturated rings. The summed E-state index contributed by atoms with van der Waals surface area (Å²) < 4.78 is 0.844. The molecule has 2 unspecified atom stereocenters. The van der Waals surface area contributed by atoms with Crippen LogP contribution in [0.3, 0.4) is 0 Å². The Balaban J connectivity index is 4.57. The van der Waals surface area contributed by atoms with E-state index in [4.69, 9.17) is 5.73 Å². The highest BCUT2D eigenvalue weighted by Crippen LogP contribution is 2.22. The van der Waals surface area contributed by atoms with Crippen LogP contribution >= 0.6 is 22.6 Å². The lowest BCUT2D eigenvalue weighted by Crippen LogP contribution is -2.22. The number of hydrogen-bond donors (Lipinski definition) is 2. The SMILES string of the molecule is CCC(O)C(CC)/C(C)=C(\N)CI. The van der Waals surface area contributed by atoms with Gasteiger partial charge in [-0.25, -0.2) is 0 Å². The molecule has 0 bridgehead atoms. The third-order valence-electron chi connectivity index (χ3n) is 2.53. The minimum Gasteiger partial charge on any atom is -0.401 e. The van der Waals surface area contributed by atoms with Crippen LogP contribution in [0.25, 0.3) is 0 Å². The van der Waals surface area contributed by atoms with Crippen molar-refractivity contribution in [3.8, 4) is 0 Å². The highest BCUT2D eigenvalue weighted by Gasteiger charge is 2.18. The summed E-state index contributed by atoms with van der Waals surface area (Å²) in [7, 11) is 0. The molecule has 13 heavy (non-hydrogen) atoms. The summed E-state index contributed by atoms with van der Waals surface area (Å²) in [6, 6.07) is 0. The van der Waals surface area contributed by atoms with Gasteiger partial charge in [-0.2, -0.15) is 0 Å². The summed E-state index contributed by atoms with van der Waals surface area (Å²) in [5, 5.41) is 9.74. The van der Waals surface area contributed by atoms with E-state index in [0.29, 0.717) is 0 Å². The van der Waals surface area contributed by atoms with Gasteiger partial charge in [0.15, 0.2) is 0 Å². The lowest BCUT2D eigenvalue weighted by Gasteiger charge is -2.22. The number of nitrogens with two attached hydrogens (primary N) is 1. The molecule has 0 heterocycles. The first kappa shape index (κ1) is 13.2. The topological polar surface area (TPSA) is 46.2 Å². The predicted octanol–water partition coefficient (Wildman–Crippen LogP) is 2.45. The minimum atomic E-state index is -0.244. The van der Waals surface area contributed by atoms with Crippen molar-refractivity contribution < 1.29 is 5.11 Å². The molecule has 0 aromatic carbocycles. The zero-order valence-corrected chi connectivity index (χ0v) is 10.8. The Labute approximate surface area is 94.7 Å². The summed E-state index contributed by atoms with van der Waals surface area (Å²) in [6.45, 7) is 6.12. The van der Waals surface area contributed by atoms with Gasteiger partial charge in [-0.15, -0.1) is 0 Å². The number of aliphatic hydroxyl groups excluding tert-OH is 1. The quantitative estimate of drug-likeness (QED) is 0.605. The van der Waals surface area contributed by atoms with Crippen LogP contribution in [0.1, 0.15) is 33.6 Å². The van der Waals surface area contributed by atoms with E-state index in [1.807, 2.05) is 13.8 Å². The van der Waals surface area contributed by atoms with Crippen LogP contribution < -0.4 is 5.73 Å². The van der Waals surface area contributed by atoms with Crippen molar-refractivity contribution in [2.45, 2.75) is 39.7 Å². The van der Waals surface area contributed by atoms with E-state index in [1.54, 1.807) is 0 Å². The molecule has 3 heteroatoms. The normalized spacial score (nSPS) is 17.9. The predicted molar refractivity (Wildman–Crippen MR) is 65.9 cm³/mol. The molecule has 0 radical (unpaired) electrons. The molecule has 3 N–H and O–H groups in total. The van der Waals surface area contributed by atoms with Crippen molar-refractivity contribution in [3.05, 3.63) is 11.3 Å². The molecule has 78 valence electrons. The standard InChI is InChI=1S/C10H20INO/c1-4-8(10(13)5-2)7(3)9(12)6-11/h8,10,13H,4-6,12H2,1-3H3/b9-7-. The van der Waals surface area contributed by atoms with Crippen LogP contribution in [-0.2, 0) is 0 Å². The zero-order chi connectivity index (χ0) is 10.4. The molecule has 0 saturated heterocycles. The molecular formula is C10H20INO. The molecule has 0 spiro atoms. The Morgan fingerprint density at radius 1 is 1.38 bits per heavy atom. The highest BCUT2D eigenvalue weighted by molar-refractivity contribution is 14.1. The second kappa shape index (κ2) is 6.65. The van der Waals surface area contributed by atoms with E-state index in [1.165, 1.54) is 0 Å². The summed E-state index contributed by atoms with van der Waals surface area (Å²) in [4.78, 5) is 0. The fourth-order valence-electron chi connectivity index (χ4n) is 1.49. The van der Waals surface area contributed by atoms with E-state index in [0.717, 1.165) is 28.5 Å². The largest absolute Gasteiger partial charge is 0.401 e. The van der Waals surface area contributed by atoms with Crippen LogP contribution in [0.4, 0.5) is 0 Å². The van der Waals surface area contributed by atoms with Gasteiger partial charge in [0.05, 0.1) is 6.10 Å². The van der Waals surface area contributed by atoms with Gasteiger partial charge in [0.25, 0.3) is 0 Å². The van der Waals surface area contributed by atoms with Gasteiger partial charge >= 0.3 is 0 Å². The highest BCUT2D eigenvalue weighted by atomic mass is 127. The second-order valence-corrected chi connectivity index (χ2v) is 4.10. The number of hydrogen-bond acceptors (Lipinski definition) is 2. The second-order valence-electron chi connectivity index (χ2n) is 3.33. The fourth-order valence-corrected chi connectivity index (χ4v) is 2.10. The van der Waals surface area contributed by atoms with Gasteiger partial charge in [-0.1, -0.05) is 36.4 Å². The van der Waals surface area contributed by atoms with Gasteiger partial charge in [0, 0.05) is 16.0 Å². The molecule has 0 saturated carbocycles. The van der Waals surface area contributed by atoms with E-state index < -0.39 is 0 Å². The molecule has 0 aliphatic carbocycles. The zero-order valence-electron chi connectivity index (χ0n) is 8.68. The number of halogens is 1. The van der Waals surface area contributed by atoms with Crippen LogP contribution in [0.5, 0.6) is 0 Å². The average Bonchev–Trinajstić information content (AvgIpc) is 2.17.